The van der Waals surface area contributed by atoms with E-state index >= 15 is 0 Å². The molecule has 4 heteroatoms. The molecular formula is C9H16O4. The summed E-state index contributed by atoms with van der Waals surface area (Å²) < 4.78 is 10.9. The number of ether oxygens (including phenoxy) is 2. The van der Waals surface area contributed by atoms with E-state index in [1.165, 1.54) is 0 Å². The van der Waals surface area contributed by atoms with Gasteiger partial charge in [-0.2, -0.15) is 0 Å². The molecule has 0 unspecified atom stereocenters. The maximum atomic E-state index is 10.3. The third kappa shape index (κ3) is 2.49. The van der Waals surface area contributed by atoms with Gasteiger partial charge in [0, 0.05) is 6.42 Å². The largest absolute Gasteiger partial charge is 0.391 e. The number of carbonyl (C=O) groups is 1. The van der Waals surface area contributed by atoms with Crippen molar-refractivity contribution in [1.29, 1.82) is 0 Å². The van der Waals surface area contributed by atoms with Gasteiger partial charge in [0.15, 0.2) is 5.79 Å². The highest BCUT2D eigenvalue weighted by Crippen LogP contribution is 2.30. The van der Waals surface area contributed by atoms with Crippen molar-refractivity contribution < 1.29 is 19.4 Å². The van der Waals surface area contributed by atoms with E-state index in [1.807, 2.05) is 0 Å². The minimum absolute atomic E-state index is 0.263. The van der Waals surface area contributed by atoms with Crippen LogP contribution in [0.5, 0.6) is 0 Å². The second-order valence-electron chi connectivity index (χ2n) is 3.78. The summed E-state index contributed by atoms with van der Waals surface area (Å²) in [5, 5.41) is 9.36. The van der Waals surface area contributed by atoms with Crippen LogP contribution in [0.25, 0.3) is 0 Å². The summed E-state index contributed by atoms with van der Waals surface area (Å²) in [5.74, 6) is -0.699. The predicted octanol–water partition coefficient (Wildman–Crippen LogP) is 0.476. The number of hydrogen-bond donors (Lipinski definition) is 1. The molecule has 76 valence electrons. The van der Waals surface area contributed by atoms with Crippen LogP contribution in [0.4, 0.5) is 0 Å². The number of aliphatic hydroxyl groups is 1. The average Bonchev–Trinajstić information content (AvgIpc) is 2.26. The summed E-state index contributed by atoms with van der Waals surface area (Å²) in [5.41, 5.74) is 0. The van der Waals surface area contributed by atoms with Crippen LogP contribution in [-0.4, -0.2) is 35.5 Å². The van der Waals surface area contributed by atoms with Gasteiger partial charge in [-0.05, 0) is 20.8 Å². The molecule has 3 atom stereocenters. The SMILES string of the molecule is C[C@@H](O)[C@@H]1OC(C)(C)O[C@H]1CC=O. The molecule has 0 saturated carbocycles. The van der Waals surface area contributed by atoms with E-state index in [2.05, 4.69) is 0 Å². The molecule has 1 saturated heterocycles. The highest BCUT2D eigenvalue weighted by Gasteiger charge is 2.42. The third-order valence-corrected chi connectivity index (χ3v) is 2.03. The van der Waals surface area contributed by atoms with Gasteiger partial charge in [-0.3, -0.25) is 0 Å². The molecule has 0 radical (unpaired) electrons. The minimum Gasteiger partial charge on any atom is -0.391 e. The van der Waals surface area contributed by atoms with Crippen molar-refractivity contribution in [2.75, 3.05) is 0 Å². The molecule has 0 aliphatic carbocycles. The second-order valence-corrected chi connectivity index (χ2v) is 3.78. The molecule has 4 nitrogen and oxygen atoms in total. The first kappa shape index (κ1) is 10.6. The zero-order valence-electron chi connectivity index (χ0n) is 8.19. The van der Waals surface area contributed by atoms with E-state index in [0.29, 0.717) is 0 Å². The van der Waals surface area contributed by atoms with Crippen molar-refractivity contribution in [3.63, 3.8) is 0 Å². The standard InChI is InChI=1S/C9H16O4/c1-6(11)8-7(4-5-10)12-9(2,3)13-8/h5-8,11H,4H2,1-3H3/t6-,7+,8+/m1/s1. The Hall–Kier alpha value is -0.450. The molecule has 0 spiro atoms. The Bertz CT molecular complexity index is 188. The van der Waals surface area contributed by atoms with Gasteiger partial charge in [0.05, 0.1) is 12.2 Å². The number of carbonyl (C=O) groups excluding carboxylic acids is 1. The van der Waals surface area contributed by atoms with Gasteiger partial charge >= 0.3 is 0 Å². The van der Waals surface area contributed by atoms with Crippen molar-refractivity contribution in [2.45, 2.75) is 51.3 Å². The van der Waals surface area contributed by atoms with Crippen LogP contribution >= 0.6 is 0 Å². The Morgan fingerprint density at radius 3 is 2.62 bits per heavy atom. The zero-order valence-corrected chi connectivity index (χ0v) is 8.19. The van der Waals surface area contributed by atoms with E-state index in [0.717, 1.165) is 6.29 Å². The topological polar surface area (TPSA) is 55.8 Å². The molecule has 13 heavy (non-hydrogen) atoms. The Balaban J connectivity index is 2.65. The summed E-state index contributed by atoms with van der Waals surface area (Å²) in [6.07, 6.45) is -0.302. The Morgan fingerprint density at radius 2 is 2.15 bits per heavy atom. The van der Waals surface area contributed by atoms with Crippen molar-refractivity contribution >= 4 is 6.29 Å². The summed E-state index contributed by atoms with van der Waals surface area (Å²) in [6.45, 7) is 5.17. The first-order valence-electron chi connectivity index (χ1n) is 4.43. The molecule has 0 aromatic carbocycles. The number of aliphatic hydroxyl groups excluding tert-OH is 1. The van der Waals surface area contributed by atoms with Crippen LogP contribution in [0.1, 0.15) is 27.2 Å². The van der Waals surface area contributed by atoms with Gasteiger partial charge < -0.3 is 19.4 Å². The van der Waals surface area contributed by atoms with E-state index in [9.17, 15) is 9.90 Å². The molecule has 1 heterocycles. The molecule has 1 N–H and O–H groups in total. The third-order valence-electron chi connectivity index (χ3n) is 2.03. The van der Waals surface area contributed by atoms with Crippen LogP contribution in [0.3, 0.4) is 0 Å². The van der Waals surface area contributed by atoms with Crippen molar-refractivity contribution in [3.05, 3.63) is 0 Å². The van der Waals surface area contributed by atoms with E-state index in [-0.39, 0.29) is 12.5 Å². The van der Waals surface area contributed by atoms with Gasteiger partial charge in [0.1, 0.15) is 12.4 Å². The van der Waals surface area contributed by atoms with Gasteiger partial charge in [-0.25, -0.2) is 0 Å². The van der Waals surface area contributed by atoms with Crippen LogP contribution in [-0.2, 0) is 14.3 Å². The highest BCUT2D eigenvalue weighted by atomic mass is 16.8. The molecule has 0 amide bonds. The molecule has 1 aliphatic rings. The zero-order chi connectivity index (χ0) is 10.1. The molecule has 1 fully saturated rings. The van der Waals surface area contributed by atoms with Gasteiger partial charge in [0.25, 0.3) is 0 Å². The van der Waals surface area contributed by atoms with Crippen molar-refractivity contribution in [2.24, 2.45) is 0 Å². The van der Waals surface area contributed by atoms with Crippen LogP contribution in [0.15, 0.2) is 0 Å². The van der Waals surface area contributed by atoms with Crippen LogP contribution in [0.2, 0.25) is 0 Å². The van der Waals surface area contributed by atoms with Crippen LogP contribution in [0, 0.1) is 0 Å². The average molecular weight is 188 g/mol. The summed E-state index contributed by atoms with van der Waals surface area (Å²) >= 11 is 0. The monoisotopic (exact) mass is 188 g/mol. The molecule has 1 aliphatic heterocycles. The minimum atomic E-state index is -0.699. The molecule has 0 aromatic rings. The second kappa shape index (κ2) is 3.74. The highest BCUT2D eigenvalue weighted by molar-refractivity contribution is 5.50. The lowest BCUT2D eigenvalue weighted by Crippen LogP contribution is -2.33. The number of hydrogen-bond acceptors (Lipinski definition) is 4. The van der Waals surface area contributed by atoms with Gasteiger partial charge in [-0.1, -0.05) is 0 Å². The number of aldehydes is 1. The predicted molar refractivity (Wildman–Crippen MR) is 46.2 cm³/mol. The molecular weight excluding hydrogens is 172 g/mol. The quantitative estimate of drug-likeness (QED) is 0.654. The lowest BCUT2D eigenvalue weighted by atomic mass is 10.1. The first-order chi connectivity index (χ1) is 5.96. The fraction of sp³-hybridized carbons (Fsp3) is 0.889. The number of rotatable bonds is 3. The lowest BCUT2D eigenvalue weighted by Gasteiger charge is -2.18. The maximum Gasteiger partial charge on any atom is 0.163 e. The van der Waals surface area contributed by atoms with Gasteiger partial charge in [0.2, 0.25) is 0 Å². The maximum absolute atomic E-state index is 10.3. The Kier molecular flexibility index (Phi) is 3.05. The van der Waals surface area contributed by atoms with Crippen molar-refractivity contribution in [3.8, 4) is 0 Å². The Labute approximate surface area is 77.8 Å². The summed E-state index contributed by atoms with van der Waals surface area (Å²) in [7, 11) is 0. The molecule has 0 bridgehead atoms. The van der Waals surface area contributed by atoms with Crippen LogP contribution < -0.4 is 0 Å². The first-order valence-corrected chi connectivity index (χ1v) is 4.43. The fourth-order valence-corrected chi connectivity index (χ4v) is 1.55. The normalized spacial score (nSPS) is 34.5. The van der Waals surface area contributed by atoms with Gasteiger partial charge in [-0.15, -0.1) is 0 Å². The summed E-state index contributed by atoms with van der Waals surface area (Å²) in [6, 6.07) is 0. The fourth-order valence-electron chi connectivity index (χ4n) is 1.55. The molecule has 0 aromatic heterocycles. The van der Waals surface area contributed by atoms with E-state index < -0.39 is 18.0 Å². The summed E-state index contributed by atoms with van der Waals surface area (Å²) in [4.78, 5) is 10.3. The molecule has 1 rings (SSSR count). The Morgan fingerprint density at radius 1 is 1.54 bits per heavy atom. The van der Waals surface area contributed by atoms with Crippen molar-refractivity contribution in [1.82, 2.24) is 0 Å². The smallest absolute Gasteiger partial charge is 0.163 e. The lowest BCUT2D eigenvalue weighted by molar-refractivity contribution is -0.154. The van der Waals surface area contributed by atoms with E-state index in [1.54, 1.807) is 20.8 Å². The van der Waals surface area contributed by atoms with E-state index in [4.69, 9.17) is 9.47 Å².